The van der Waals surface area contributed by atoms with E-state index in [0.717, 1.165) is 22.6 Å². The average molecular weight is 500 g/mol. The highest BCUT2D eigenvalue weighted by Gasteiger charge is 2.41. The lowest BCUT2D eigenvalue weighted by Crippen LogP contribution is -2.33. The predicted octanol–water partition coefficient (Wildman–Crippen LogP) is 5.32. The van der Waals surface area contributed by atoms with E-state index in [4.69, 9.17) is 12.2 Å². The third kappa shape index (κ3) is 4.99. The van der Waals surface area contributed by atoms with Gasteiger partial charge in [0, 0.05) is 42.4 Å². The Bertz CT molecular complexity index is 1390. The van der Waals surface area contributed by atoms with Crippen LogP contribution in [0.5, 0.6) is 0 Å². The number of amides is 1. The van der Waals surface area contributed by atoms with Crippen LogP contribution in [0.3, 0.4) is 0 Å². The summed E-state index contributed by atoms with van der Waals surface area (Å²) >= 11 is 5.73. The molecule has 0 aliphatic carbocycles. The monoisotopic (exact) mass is 499 g/mol. The molecule has 0 bridgehead atoms. The van der Waals surface area contributed by atoms with E-state index in [0.29, 0.717) is 17.3 Å². The Morgan fingerprint density at radius 3 is 2.72 bits per heavy atom. The van der Waals surface area contributed by atoms with Crippen LogP contribution in [0.25, 0.3) is 5.69 Å². The Morgan fingerprint density at radius 1 is 1.08 bits per heavy atom. The van der Waals surface area contributed by atoms with Gasteiger partial charge >= 0.3 is 0 Å². The van der Waals surface area contributed by atoms with Crippen molar-refractivity contribution in [1.29, 1.82) is 0 Å². The minimum atomic E-state index is -0.307. The van der Waals surface area contributed by atoms with Gasteiger partial charge in [0.1, 0.15) is 5.82 Å². The Hall–Kier alpha value is -4.04. The molecule has 5 rings (SSSR count). The summed E-state index contributed by atoms with van der Waals surface area (Å²) in [5.74, 6) is -0.401. The van der Waals surface area contributed by atoms with Gasteiger partial charge in [-0.1, -0.05) is 24.3 Å². The summed E-state index contributed by atoms with van der Waals surface area (Å²) < 4.78 is 16.0. The maximum Gasteiger partial charge on any atom is 0.226 e. The number of pyridine rings is 1. The van der Waals surface area contributed by atoms with Crippen LogP contribution in [0.4, 0.5) is 10.1 Å². The SMILES string of the molecule is Cc1cccc(NC(=O)CCN2C(=S)N[C@H](c3ccccn3)[C@H]2c2cccn2-c2cccc(F)c2)c1. The number of aromatic nitrogens is 2. The quantitative estimate of drug-likeness (QED) is 0.337. The zero-order valence-corrected chi connectivity index (χ0v) is 20.6. The fourth-order valence-electron chi connectivity index (χ4n) is 4.63. The Labute approximate surface area is 214 Å². The molecule has 1 aliphatic rings. The zero-order valence-electron chi connectivity index (χ0n) is 19.8. The van der Waals surface area contributed by atoms with E-state index < -0.39 is 0 Å². The van der Waals surface area contributed by atoms with Gasteiger partial charge in [-0.15, -0.1) is 0 Å². The van der Waals surface area contributed by atoms with Gasteiger partial charge in [0.2, 0.25) is 5.91 Å². The third-order valence-electron chi connectivity index (χ3n) is 6.25. The molecule has 2 aromatic carbocycles. The molecule has 6 nitrogen and oxygen atoms in total. The first-order valence-corrected chi connectivity index (χ1v) is 12.2. The first kappa shape index (κ1) is 23.7. The van der Waals surface area contributed by atoms with Crippen molar-refractivity contribution >= 4 is 28.9 Å². The Kier molecular flexibility index (Phi) is 6.77. The number of aryl methyl sites for hydroxylation is 1. The highest BCUT2D eigenvalue weighted by molar-refractivity contribution is 7.80. The van der Waals surface area contributed by atoms with E-state index in [1.807, 2.05) is 83.3 Å². The number of carbonyl (C=O) groups is 1. The maximum absolute atomic E-state index is 14.1. The fraction of sp³-hybridized carbons (Fsp3) is 0.179. The van der Waals surface area contributed by atoms with Crippen molar-refractivity contribution in [3.05, 3.63) is 114 Å². The summed E-state index contributed by atoms with van der Waals surface area (Å²) in [6.45, 7) is 2.39. The smallest absolute Gasteiger partial charge is 0.226 e. The van der Waals surface area contributed by atoms with Crippen molar-refractivity contribution < 1.29 is 9.18 Å². The highest BCUT2D eigenvalue weighted by Crippen LogP contribution is 2.39. The number of rotatable bonds is 7. The van der Waals surface area contributed by atoms with Gasteiger partial charge in [-0.05, 0) is 79.3 Å². The second-order valence-electron chi connectivity index (χ2n) is 8.77. The number of halogens is 1. The van der Waals surface area contributed by atoms with Crippen molar-refractivity contribution in [2.24, 2.45) is 0 Å². The molecule has 4 aromatic rings. The van der Waals surface area contributed by atoms with Crippen LogP contribution < -0.4 is 10.6 Å². The molecule has 1 fully saturated rings. The lowest BCUT2D eigenvalue weighted by molar-refractivity contribution is -0.116. The number of anilines is 1. The average Bonchev–Trinajstić information content (AvgIpc) is 3.47. The number of benzene rings is 2. The van der Waals surface area contributed by atoms with Gasteiger partial charge in [-0.25, -0.2) is 4.39 Å². The molecule has 0 radical (unpaired) electrons. The largest absolute Gasteiger partial charge is 0.352 e. The van der Waals surface area contributed by atoms with Crippen LogP contribution in [0, 0.1) is 12.7 Å². The molecule has 0 spiro atoms. The summed E-state index contributed by atoms with van der Waals surface area (Å²) in [6.07, 6.45) is 3.91. The van der Waals surface area contributed by atoms with Gasteiger partial charge in [0.05, 0.1) is 17.8 Å². The molecule has 1 amide bonds. The third-order valence-corrected chi connectivity index (χ3v) is 6.60. The van der Waals surface area contributed by atoms with Crippen LogP contribution in [0.1, 0.15) is 35.5 Å². The van der Waals surface area contributed by atoms with Crippen LogP contribution in [-0.4, -0.2) is 32.0 Å². The van der Waals surface area contributed by atoms with E-state index >= 15 is 0 Å². The number of nitrogens with one attached hydrogen (secondary N) is 2. The molecular weight excluding hydrogens is 473 g/mol. The van der Waals surface area contributed by atoms with Gasteiger partial charge < -0.3 is 20.1 Å². The van der Waals surface area contributed by atoms with Gasteiger partial charge in [0.15, 0.2) is 5.11 Å². The van der Waals surface area contributed by atoms with Crippen molar-refractivity contribution in [1.82, 2.24) is 19.8 Å². The van der Waals surface area contributed by atoms with Crippen LogP contribution in [-0.2, 0) is 4.79 Å². The molecule has 36 heavy (non-hydrogen) atoms. The molecular formula is C28H26FN5OS. The predicted molar refractivity (Wildman–Crippen MR) is 142 cm³/mol. The van der Waals surface area contributed by atoms with Gasteiger partial charge in [-0.3, -0.25) is 9.78 Å². The van der Waals surface area contributed by atoms with E-state index in [-0.39, 0.29) is 30.2 Å². The molecule has 2 atom stereocenters. The minimum absolute atomic E-state index is 0.0936. The lowest BCUT2D eigenvalue weighted by atomic mass is 10.0. The molecule has 1 aliphatic heterocycles. The van der Waals surface area contributed by atoms with E-state index in [1.165, 1.54) is 12.1 Å². The maximum atomic E-state index is 14.1. The molecule has 8 heteroatoms. The van der Waals surface area contributed by atoms with E-state index in [1.54, 1.807) is 12.3 Å². The first-order valence-electron chi connectivity index (χ1n) is 11.8. The standard InChI is InChI=1S/C28H26FN5OS/c1-19-7-4-9-21(17-19)31-25(35)13-16-34-27(26(32-28(34)36)23-11-2-3-14-30-23)24-12-6-15-33(24)22-10-5-8-20(29)18-22/h2-12,14-15,17-18,26-27H,13,16H2,1H3,(H,31,35)(H,32,36)/t26-,27-/m1/s1. The number of carbonyl (C=O) groups excluding carboxylic acids is 1. The summed E-state index contributed by atoms with van der Waals surface area (Å²) in [6, 6.07) is 23.4. The molecule has 1 saturated heterocycles. The second kappa shape index (κ2) is 10.3. The molecule has 2 aromatic heterocycles. The van der Waals surface area contributed by atoms with Crippen LogP contribution in [0.2, 0.25) is 0 Å². The summed E-state index contributed by atoms with van der Waals surface area (Å²) in [5.41, 5.74) is 4.31. The molecule has 3 heterocycles. The van der Waals surface area contributed by atoms with Crippen LogP contribution >= 0.6 is 12.2 Å². The van der Waals surface area contributed by atoms with Crippen molar-refractivity contribution in [2.75, 3.05) is 11.9 Å². The summed E-state index contributed by atoms with van der Waals surface area (Å²) in [7, 11) is 0. The van der Waals surface area contributed by atoms with E-state index in [9.17, 15) is 9.18 Å². The number of hydrogen-bond donors (Lipinski definition) is 2. The van der Waals surface area contributed by atoms with Gasteiger partial charge in [-0.2, -0.15) is 0 Å². The molecule has 0 saturated carbocycles. The highest BCUT2D eigenvalue weighted by atomic mass is 32.1. The van der Waals surface area contributed by atoms with Crippen LogP contribution in [0.15, 0.2) is 91.3 Å². The zero-order chi connectivity index (χ0) is 25.1. The summed E-state index contributed by atoms with van der Waals surface area (Å²) in [4.78, 5) is 19.4. The molecule has 2 N–H and O–H groups in total. The van der Waals surface area contributed by atoms with Gasteiger partial charge in [0.25, 0.3) is 0 Å². The number of thiocarbonyl (C=S) groups is 1. The molecule has 0 unspecified atom stereocenters. The Balaban J connectivity index is 1.44. The fourth-order valence-corrected chi connectivity index (χ4v) is 4.96. The normalized spacial score (nSPS) is 17.2. The van der Waals surface area contributed by atoms with Crippen molar-refractivity contribution in [3.8, 4) is 5.69 Å². The second-order valence-corrected chi connectivity index (χ2v) is 9.16. The number of hydrogen-bond acceptors (Lipinski definition) is 3. The van der Waals surface area contributed by atoms with Crippen molar-refractivity contribution in [2.45, 2.75) is 25.4 Å². The minimum Gasteiger partial charge on any atom is -0.352 e. The summed E-state index contributed by atoms with van der Waals surface area (Å²) in [5, 5.41) is 6.92. The molecule has 182 valence electrons. The topological polar surface area (TPSA) is 62.2 Å². The lowest BCUT2D eigenvalue weighted by Gasteiger charge is -2.28. The number of nitrogens with zero attached hydrogens (tertiary/aromatic N) is 3. The van der Waals surface area contributed by atoms with E-state index in [2.05, 4.69) is 15.6 Å². The Morgan fingerprint density at radius 2 is 1.94 bits per heavy atom. The first-order chi connectivity index (χ1) is 17.5. The van der Waals surface area contributed by atoms with Crippen molar-refractivity contribution in [3.63, 3.8) is 0 Å².